The second kappa shape index (κ2) is 16.2. The highest BCUT2D eigenvalue weighted by Gasteiger charge is 2.34. The van der Waals surface area contributed by atoms with Gasteiger partial charge in [-0.05, 0) is 26.2 Å². The van der Waals surface area contributed by atoms with Gasteiger partial charge in [0.2, 0.25) is 29.0 Å². The molecule has 204 valence electrons. The average Bonchev–Trinajstić information content (AvgIpc) is 2.88. The van der Waals surface area contributed by atoms with Crippen molar-refractivity contribution in [1.82, 2.24) is 5.32 Å². The van der Waals surface area contributed by atoms with Crippen molar-refractivity contribution >= 4 is 23.8 Å². The fraction of sp³-hybridized carbons (Fsp3) is 0.680. The van der Waals surface area contributed by atoms with Gasteiger partial charge in [-0.1, -0.05) is 32.1 Å². The second-order valence-corrected chi connectivity index (χ2v) is 8.76. The highest BCUT2D eigenvalue weighted by molar-refractivity contribution is 6.23. The van der Waals surface area contributed by atoms with Crippen LogP contribution in [0.3, 0.4) is 0 Å². The Hall–Kier alpha value is -2.60. The van der Waals surface area contributed by atoms with E-state index in [2.05, 4.69) is 5.32 Å². The first-order valence-corrected chi connectivity index (χ1v) is 12.2. The summed E-state index contributed by atoms with van der Waals surface area (Å²) < 4.78 is 10.1. The Morgan fingerprint density at radius 2 is 1.42 bits per heavy atom. The molecule has 0 radical (unpaired) electrons. The molecule has 0 unspecified atom stereocenters. The van der Waals surface area contributed by atoms with Crippen LogP contribution in [-0.4, -0.2) is 89.4 Å². The third-order valence-corrected chi connectivity index (χ3v) is 6.20. The molecule has 0 saturated carbocycles. The topological polar surface area (TPSA) is 180 Å². The number of hydrogen-bond acceptors (Lipinski definition) is 10. The van der Waals surface area contributed by atoms with E-state index in [0.29, 0.717) is 24.0 Å². The van der Waals surface area contributed by atoms with Gasteiger partial charge in [0.05, 0.1) is 20.8 Å². The van der Waals surface area contributed by atoms with Crippen molar-refractivity contribution in [3.63, 3.8) is 0 Å². The molecular formula is C25H39NO10. The number of unbranched alkanes of at least 4 members (excludes halogenated alkanes) is 6. The van der Waals surface area contributed by atoms with E-state index >= 15 is 0 Å². The summed E-state index contributed by atoms with van der Waals surface area (Å²) >= 11 is 0. The normalized spacial score (nSPS) is 17.5. The molecule has 5 N–H and O–H groups in total. The lowest BCUT2D eigenvalue weighted by molar-refractivity contribution is -0.131. The zero-order valence-electron chi connectivity index (χ0n) is 21.2. The summed E-state index contributed by atoms with van der Waals surface area (Å²) in [7, 11) is 2.66. The van der Waals surface area contributed by atoms with Crippen molar-refractivity contribution in [2.75, 3.05) is 20.8 Å². The van der Waals surface area contributed by atoms with Crippen LogP contribution in [-0.2, 0) is 28.7 Å². The van der Waals surface area contributed by atoms with Crippen LogP contribution in [0.4, 0.5) is 0 Å². The van der Waals surface area contributed by atoms with Crippen LogP contribution in [0.15, 0.2) is 22.7 Å². The first-order valence-electron chi connectivity index (χ1n) is 12.2. The van der Waals surface area contributed by atoms with Crippen molar-refractivity contribution < 1.29 is 49.1 Å². The number of carbonyl (C=O) groups is 4. The highest BCUT2D eigenvalue weighted by Crippen LogP contribution is 2.28. The minimum Gasteiger partial charge on any atom is -0.489 e. The van der Waals surface area contributed by atoms with Gasteiger partial charge in [-0.3, -0.25) is 14.4 Å². The summed E-state index contributed by atoms with van der Waals surface area (Å²) in [4.78, 5) is 48.1. The van der Waals surface area contributed by atoms with Crippen LogP contribution in [0.1, 0.15) is 64.7 Å². The Labute approximate surface area is 211 Å². The SMILES string of the molecule is COC1=C(OC)C(=O)C(CCCCCCCCCC(=O)N[C@@H](C=O)[C@@H](O)[C@H](O)[C@H](O)CO)=C(C)C1=O. The quantitative estimate of drug-likeness (QED) is 0.0967. The molecule has 1 aliphatic rings. The van der Waals surface area contributed by atoms with Crippen LogP contribution in [0.2, 0.25) is 0 Å². The number of allylic oxidation sites excluding steroid dienone is 2. The van der Waals surface area contributed by atoms with Crippen molar-refractivity contribution in [3.05, 3.63) is 22.7 Å². The number of carbonyl (C=O) groups excluding carboxylic acids is 4. The molecule has 0 aliphatic heterocycles. The average molecular weight is 514 g/mol. The molecule has 0 bridgehead atoms. The summed E-state index contributed by atoms with van der Waals surface area (Å²) in [5, 5.41) is 40.1. The summed E-state index contributed by atoms with van der Waals surface area (Å²) in [5.74, 6) is -1.23. The molecule has 0 spiro atoms. The van der Waals surface area contributed by atoms with Gasteiger partial charge in [0.1, 0.15) is 30.6 Å². The van der Waals surface area contributed by atoms with E-state index in [0.717, 1.165) is 38.5 Å². The lowest BCUT2D eigenvalue weighted by atomic mass is 9.89. The van der Waals surface area contributed by atoms with Crippen LogP contribution < -0.4 is 5.32 Å². The highest BCUT2D eigenvalue weighted by atomic mass is 16.5. The Balaban J connectivity index is 2.27. The molecule has 4 atom stereocenters. The summed E-state index contributed by atoms with van der Waals surface area (Å²) in [6, 6.07) is -1.39. The zero-order chi connectivity index (χ0) is 27.3. The molecule has 1 aliphatic carbocycles. The fourth-order valence-corrected chi connectivity index (χ4v) is 3.97. The van der Waals surface area contributed by atoms with Gasteiger partial charge in [-0.25, -0.2) is 0 Å². The summed E-state index contributed by atoms with van der Waals surface area (Å²) in [6.07, 6.45) is 1.49. The Bertz CT molecular complexity index is 835. The van der Waals surface area contributed by atoms with Gasteiger partial charge >= 0.3 is 0 Å². The molecule has 11 nitrogen and oxygen atoms in total. The van der Waals surface area contributed by atoms with E-state index in [1.807, 2.05) is 0 Å². The number of Topliss-reactive ketones (excluding diaryl/α,β-unsaturated/α-hetero) is 2. The number of amides is 1. The molecule has 36 heavy (non-hydrogen) atoms. The molecule has 11 heteroatoms. The van der Waals surface area contributed by atoms with E-state index < -0.39 is 36.9 Å². The largest absolute Gasteiger partial charge is 0.489 e. The maximum absolute atomic E-state index is 12.6. The first kappa shape index (κ1) is 31.4. The Kier molecular flexibility index (Phi) is 14.1. The monoisotopic (exact) mass is 513 g/mol. The minimum absolute atomic E-state index is 0.0555. The molecule has 0 heterocycles. The standard InChI is InChI=1S/C25H39NO10/c1-15-16(21(32)25(36-3)24(35-2)20(15)31)11-9-7-5-4-6-8-10-12-19(30)26-17(13-27)22(33)23(34)18(29)14-28/h13,17-18,22-23,28-29,33-34H,4-12,14H2,1-3H3,(H,26,30)/t17-,18+,22+,23+/m0/s1. The van der Waals surface area contributed by atoms with Crippen molar-refractivity contribution in [2.45, 2.75) is 89.1 Å². The number of aldehydes is 1. The van der Waals surface area contributed by atoms with E-state index in [-0.39, 0.29) is 35.8 Å². The van der Waals surface area contributed by atoms with Gasteiger partial charge in [0.25, 0.3) is 0 Å². The number of methoxy groups -OCH3 is 2. The van der Waals surface area contributed by atoms with Crippen LogP contribution in [0, 0.1) is 0 Å². The molecule has 0 fully saturated rings. The van der Waals surface area contributed by atoms with Crippen molar-refractivity contribution in [3.8, 4) is 0 Å². The molecule has 0 aromatic carbocycles. The van der Waals surface area contributed by atoms with Crippen LogP contribution >= 0.6 is 0 Å². The Morgan fingerprint density at radius 1 is 0.889 bits per heavy atom. The van der Waals surface area contributed by atoms with Gasteiger partial charge in [0.15, 0.2) is 0 Å². The van der Waals surface area contributed by atoms with E-state index in [1.54, 1.807) is 6.92 Å². The number of aliphatic hydroxyl groups is 4. The smallest absolute Gasteiger partial charge is 0.228 e. The molecule has 1 rings (SSSR count). The predicted molar refractivity (Wildman–Crippen MR) is 128 cm³/mol. The molecule has 0 aromatic rings. The lowest BCUT2D eigenvalue weighted by Gasteiger charge is -2.26. The predicted octanol–water partition coefficient (Wildman–Crippen LogP) is 0.229. The van der Waals surface area contributed by atoms with Gasteiger partial charge in [-0.15, -0.1) is 0 Å². The minimum atomic E-state index is -1.77. The molecule has 0 saturated heterocycles. The zero-order valence-corrected chi connectivity index (χ0v) is 21.2. The maximum atomic E-state index is 12.6. The van der Waals surface area contributed by atoms with E-state index in [1.165, 1.54) is 14.2 Å². The van der Waals surface area contributed by atoms with Gasteiger partial charge < -0.3 is 40.0 Å². The van der Waals surface area contributed by atoms with Crippen molar-refractivity contribution in [1.29, 1.82) is 0 Å². The van der Waals surface area contributed by atoms with E-state index in [4.69, 9.17) is 14.6 Å². The third kappa shape index (κ3) is 8.81. The number of nitrogens with one attached hydrogen (secondary N) is 1. The number of ketones is 2. The van der Waals surface area contributed by atoms with Crippen LogP contribution in [0.5, 0.6) is 0 Å². The molecular weight excluding hydrogens is 474 g/mol. The number of rotatable bonds is 18. The van der Waals surface area contributed by atoms with Crippen LogP contribution in [0.25, 0.3) is 0 Å². The van der Waals surface area contributed by atoms with Gasteiger partial charge in [-0.2, -0.15) is 0 Å². The molecule has 0 aromatic heterocycles. The van der Waals surface area contributed by atoms with Gasteiger partial charge in [0, 0.05) is 17.6 Å². The third-order valence-electron chi connectivity index (χ3n) is 6.20. The lowest BCUT2D eigenvalue weighted by Crippen LogP contribution is -2.53. The molecule has 1 amide bonds. The number of aliphatic hydroxyl groups excluding tert-OH is 4. The Morgan fingerprint density at radius 3 is 1.94 bits per heavy atom. The second-order valence-electron chi connectivity index (χ2n) is 8.76. The maximum Gasteiger partial charge on any atom is 0.228 e. The number of hydrogen-bond donors (Lipinski definition) is 5. The van der Waals surface area contributed by atoms with E-state index in [9.17, 15) is 34.5 Å². The van der Waals surface area contributed by atoms with Crippen molar-refractivity contribution in [2.24, 2.45) is 0 Å². The first-order chi connectivity index (χ1) is 17.1. The summed E-state index contributed by atoms with van der Waals surface area (Å²) in [6.45, 7) is 0.824. The summed E-state index contributed by atoms with van der Waals surface area (Å²) in [5.41, 5.74) is 0.847. The fourth-order valence-electron chi connectivity index (χ4n) is 3.97. The number of ether oxygens (including phenoxy) is 2.